The highest BCUT2D eigenvalue weighted by molar-refractivity contribution is 5.71. The molecule has 0 aliphatic rings. The van der Waals surface area contributed by atoms with Crippen LogP contribution in [0.2, 0.25) is 0 Å². The zero-order chi connectivity index (χ0) is 13.5. The molecule has 19 heavy (non-hydrogen) atoms. The van der Waals surface area contributed by atoms with E-state index in [-0.39, 0.29) is 12.5 Å². The number of aromatic nitrogens is 2. The highest BCUT2D eigenvalue weighted by atomic mass is 16.5. The third-order valence-corrected chi connectivity index (χ3v) is 2.64. The van der Waals surface area contributed by atoms with E-state index in [2.05, 4.69) is 10.3 Å². The fraction of sp³-hybridized carbons (Fsp3) is 0.286. The van der Waals surface area contributed by atoms with Crippen molar-refractivity contribution in [2.75, 3.05) is 13.2 Å². The lowest BCUT2D eigenvalue weighted by Gasteiger charge is -2.06. The quantitative estimate of drug-likeness (QED) is 0.799. The van der Waals surface area contributed by atoms with Crippen molar-refractivity contribution in [2.24, 2.45) is 0 Å². The number of benzene rings is 1. The van der Waals surface area contributed by atoms with Crippen LogP contribution in [0.4, 0.5) is 0 Å². The Bertz CT molecular complexity index is 506. The summed E-state index contributed by atoms with van der Waals surface area (Å²) in [7, 11) is 0. The van der Waals surface area contributed by atoms with Gasteiger partial charge in [0, 0.05) is 24.6 Å². The van der Waals surface area contributed by atoms with Crippen molar-refractivity contribution in [3.63, 3.8) is 0 Å². The van der Waals surface area contributed by atoms with Crippen LogP contribution in [-0.2, 0) is 16.1 Å². The molecule has 1 N–H and O–H groups in total. The lowest BCUT2D eigenvalue weighted by atomic mass is 10.2. The standard InChI is InChI=1S/C14H17N3O2/c1-2-19-14(18)10-16-9-12-3-5-13(6-4-12)17-8-7-15-11-17/h3-8,11,16H,2,9-10H2,1H3. The van der Waals surface area contributed by atoms with Crippen LogP contribution >= 0.6 is 0 Å². The van der Waals surface area contributed by atoms with Gasteiger partial charge < -0.3 is 14.6 Å². The largest absolute Gasteiger partial charge is 0.465 e. The molecule has 0 fully saturated rings. The molecule has 1 aromatic carbocycles. The van der Waals surface area contributed by atoms with Crippen molar-refractivity contribution >= 4 is 5.97 Å². The first-order valence-corrected chi connectivity index (χ1v) is 6.23. The Morgan fingerprint density at radius 3 is 2.79 bits per heavy atom. The van der Waals surface area contributed by atoms with Gasteiger partial charge in [-0.15, -0.1) is 0 Å². The van der Waals surface area contributed by atoms with Crippen LogP contribution < -0.4 is 5.32 Å². The van der Waals surface area contributed by atoms with Crippen LogP contribution in [0, 0.1) is 0 Å². The zero-order valence-corrected chi connectivity index (χ0v) is 10.9. The molecule has 0 amide bonds. The van der Waals surface area contributed by atoms with Crippen molar-refractivity contribution in [2.45, 2.75) is 13.5 Å². The first-order valence-electron chi connectivity index (χ1n) is 6.23. The van der Waals surface area contributed by atoms with Gasteiger partial charge in [0.05, 0.1) is 19.5 Å². The molecule has 2 aromatic rings. The second-order valence-corrected chi connectivity index (χ2v) is 4.04. The molecule has 5 nitrogen and oxygen atoms in total. The summed E-state index contributed by atoms with van der Waals surface area (Å²) in [5.74, 6) is -0.225. The number of hydrogen-bond donors (Lipinski definition) is 1. The summed E-state index contributed by atoms with van der Waals surface area (Å²) < 4.78 is 6.78. The van der Waals surface area contributed by atoms with E-state index in [1.54, 1.807) is 19.4 Å². The van der Waals surface area contributed by atoms with Crippen molar-refractivity contribution in [1.29, 1.82) is 0 Å². The summed E-state index contributed by atoms with van der Waals surface area (Å²) in [6.45, 7) is 3.09. The predicted octanol–water partition coefficient (Wildman–Crippen LogP) is 1.52. The van der Waals surface area contributed by atoms with Crippen molar-refractivity contribution < 1.29 is 9.53 Å². The van der Waals surface area contributed by atoms with Gasteiger partial charge in [0.15, 0.2) is 0 Å². The molecule has 1 heterocycles. The van der Waals surface area contributed by atoms with Gasteiger partial charge in [0.25, 0.3) is 0 Å². The molecular formula is C14H17N3O2. The van der Waals surface area contributed by atoms with E-state index in [0.29, 0.717) is 13.2 Å². The molecule has 0 saturated carbocycles. The normalized spacial score (nSPS) is 10.4. The van der Waals surface area contributed by atoms with Gasteiger partial charge in [-0.2, -0.15) is 0 Å². The Labute approximate surface area is 112 Å². The number of carbonyl (C=O) groups excluding carboxylic acids is 1. The number of esters is 1. The van der Waals surface area contributed by atoms with Gasteiger partial charge in [-0.25, -0.2) is 4.98 Å². The van der Waals surface area contributed by atoms with Crippen LogP contribution in [0.3, 0.4) is 0 Å². The first kappa shape index (κ1) is 13.3. The number of carbonyl (C=O) groups is 1. The maximum Gasteiger partial charge on any atom is 0.319 e. The van der Waals surface area contributed by atoms with E-state index in [0.717, 1.165) is 11.3 Å². The zero-order valence-electron chi connectivity index (χ0n) is 10.9. The SMILES string of the molecule is CCOC(=O)CNCc1ccc(-n2ccnc2)cc1. The minimum absolute atomic E-state index is 0.225. The molecule has 0 atom stereocenters. The Hall–Kier alpha value is -2.14. The van der Waals surface area contributed by atoms with E-state index in [4.69, 9.17) is 4.74 Å². The third kappa shape index (κ3) is 3.93. The molecule has 0 spiro atoms. The smallest absolute Gasteiger partial charge is 0.319 e. The molecule has 0 aliphatic heterocycles. The van der Waals surface area contributed by atoms with Crippen molar-refractivity contribution in [3.8, 4) is 5.69 Å². The summed E-state index contributed by atoms with van der Waals surface area (Å²) in [6.07, 6.45) is 5.40. The van der Waals surface area contributed by atoms with Crippen LogP contribution in [-0.4, -0.2) is 28.7 Å². The third-order valence-electron chi connectivity index (χ3n) is 2.64. The van der Waals surface area contributed by atoms with Gasteiger partial charge in [0.1, 0.15) is 0 Å². The van der Waals surface area contributed by atoms with Gasteiger partial charge in [0.2, 0.25) is 0 Å². The molecule has 0 unspecified atom stereocenters. The molecule has 1 aromatic heterocycles. The number of rotatable bonds is 6. The summed E-state index contributed by atoms with van der Waals surface area (Å²) in [5, 5.41) is 3.05. The van der Waals surface area contributed by atoms with Crippen molar-refractivity contribution in [1.82, 2.24) is 14.9 Å². The Morgan fingerprint density at radius 1 is 1.37 bits per heavy atom. The number of nitrogens with one attached hydrogen (secondary N) is 1. The molecule has 2 rings (SSSR count). The van der Waals surface area contributed by atoms with Crippen LogP contribution in [0.25, 0.3) is 5.69 Å². The van der Waals surface area contributed by atoms with Gasteiger partial charge in [-0.3, -0.25) is 4.79 Å². The highest BCUT2D eigenvalue weighted by Gasteiger charge is 2.01. The van der Waals surface area contributed by atoms with E-state index >= 15 is 0 Å². The van der Waals surface area contributed by atoms with Crippen LogP contribution in [0.15, 0.2) is 43.0 Å². The maximum atomic E-state index is 11.1. The summed E-state index contributed by atoms with van der Waals surface area (Å²) in [4.78, 5) is 15.2. The molecule has 0 aliphatic carbocycles. The minimum atomic E-state index is -0.225. The average Bonchev–Trinajstić information content (AvgIpc) is 2.94. The second-order valence-electron chi connectivity index (χ2n) is 4.04. The first-order chi connectivity index (χ1) is 9.29. The molecular weight excluding hydrogens is 242 g/mol. The summed E-state index contributed by atoms with van der Waals surface area (Å²) in [5.41, 5.74) is 2.18. The Balaban J connectivity index is 1.84. The van der Waals surface area contributed by atoms with Crippen molar-refractivity contribution in [3.05, 3.63) is 48.5 Å². The molecule has 0 bridgehead atoms. The van der Waals surface area contributed by atoms with E-state index in [9.17, 15) is 4.79 Å². The highest BCUT2D eigenvalue weighted by Crippen LogP contribution is 2.08. The lowest BCUT2D eigenvalue weighted by Crippen LogP contribution is -2.24. The summed E-state index contributed by atoms with van der Waals surface area (Å²) in [6, 6.07) is 8.08. The molecule has 0 saturated heterocycles. The fourth-order valence-corrected chi connectivity index (χ4v) is 1.72. The monoisotopic (exact) mass is 259 g/mol. The second kappa shape index (κ2) is 6.70. The number of nitrogens with zero attached hydrogens (tertiary/aromatic N) is 2. The van der Waals surface area contributed by atoms with Gasteiger partial charge in [-0.1, -0.05) is 12.1 Å². The molecule has 100 valence electrons. The number of hydrogen-bond acceptors (Lipinski definition) is 4. The van der Waals surface area contributed by atoms with Crippen LogP contribution in [0.5, 0.6) is 0 Å². The summed E-state index contributed by atoms with van der Waals surface area (Å²) >= 11 is 0. The van der Waals surface area contributed by atoms with Crippen LogP contribution in [0.1, 0.15) is 12.5 Å². The van der Waals surface area contributed by atoms with E-state index < -0.39 is 0 Å². The van der Waals surface area contributed by atoms with E-state index in [1.165, 1.54) is 0 Å². The predicted molar refractivity (Wildman–Crippen MR) is 71.9 cm³/mol. The average molecular weight is 259 g/mol. The Kier molecular flexibility index (Phi) is 4.69. The number of imidazole rings is 1. The maximum absolute atomic E-state index is 11.1. The minimum Gasteiger partial charge on any atom is -0.465 e. The molecule has 5 heteroatoms. The topological polar surface area (TPSA) is 56.1 Å². The Morgan fingerprint density at radius 2 is 2.16 bits per heavy atom. The lowest BCUT2D eigenvalue weighted by molar-refractivity contribution is -0.142. The van der Waals surface area contributed by atoms with Gasteiger partial charge in [-0.05, 0) is 24.6 Å². The molecule has 0 radical (unpaired) electrons. The van der Waals surface area contributed by atoms with Gasteiger partial charge >= 0.3 is 5.97 Å². The van der Waals surface area contributed by atoms with E-state index in [1.807, 2.05) is 35.0 Å². The fourth-order valence-electron chi connectivity index (χ4n) is 1.72. The number of ether oxygens (including phenoxy) is 1.